The molecule has 1 aliphatic rings. The molecular formula is C12H21N3O2. The zero-order valence-corrected chi connectivity index (χ0v) is 10.4. The van der Waals surface area contributed by atoms with E-state index in [1.807, 2.05) is 11.0 Å². The normalized spacial score (nSPS) is 20.2. The number of unbranched alkanes of at least 4 members (excludes halogenated alkanes) is 1. The third kappa shape index (κ3) is 4.19. The van der Waals surface area contributed by atoms with E-state index in [-0.39, 0.29) is 24.3 Å². The van der Waals surface area contributed by atoms with Crippen molar-refractivity contribution in [3.8, 4) is 0 Å². The van der Waals surface area contributed by atoms with Crippen LogP contribution in [0.2, 0.25) is 0 Å². The predicted octanol–water partition coefficient (Wildman–Crippen LogP) is -0.111. The summed E-state index contributed by atoms with van der Waals surface area (Å²) < 4.78 is 0. The highest BCUT2D eigenvalue weighted by atomic mass is 16.2. The van der Waals surface area contributed by atoms with Gasteiger partial charge in [-0.25, -0.2) is 0 Å². The van der Waals surface area contributed by atoms with Crippen molar-refractivity contribution in [2.45, 2.75) is 25.3 Å². The number of carbonyl (C=O) groups is 2. The fourth-order valence-corrected chi connectivity index (χ4v) is 1.89. The van der Waals surface area contributed by atoms with Crippen LogP contribution in [0.5, 0.6) is 0 Å². The fourth-order valence-electron chi connectivity index (χ4n) is 1.89. The molecule has 0 bridgehead atoms. The molecular weight excluding hydrogens is 218 g/mol. The van der Waals surface area contributed by atoms with Gasteiger partial charge in [0.15, 0.2) is 0 Å². The molecule has 0 radical (unpaired) electrons. The van der Waals surface area contributed by atoms with E-state index in [9.17, 15) is 9.59 Å². The van der Waals surface area contributed by atoms with Crippen LogP contribution in [0.3, 0.4) is 0 Å². The maximum Gasteiger partial charge on any atom is 0.240 e. The van der Waals surface area contributed by atoms with Crippen LogP contribution in [0.25, 0.3) is 0 Å². The summed E-state index contributed by atoms with van der Waals surface area (Å²) >= 11 is 0. The fraction of sp³-hybridized carbons (Fsp3) is 0.667. The Hall–Kier alpha value is -1.36. The lowest BCUT2D eigenvalue weighted by Crippen LogP contribution is -2.56. The smallest absolute Gasteiger partial charge is 0.240 e. The van der Waals surface area contributed by atoms with Gasteiger partial charge in [-0.3, -0.25) is 9.59 Å². The summed E-state index contributed by atoms with van der Waals surface area (Å²) in [6.45, 7) is 5.88. The number of hydrogen-bond acceptors (Lipinski definition) is 3. The van der Waals surface area contributed by atoms with E-state index in [2.05, 4.69) is 17.2 Å². The molecule has 0 aromatic rings. The van der Waals surface area contributed by atoms with Crippen molar-refractivity contribution in [2.24, 2.45) is 0 Å². The van der Waals surface area contributed by atoms with Gasteiger partial charge in [-0.05, 0) is 12.8 Å². The first kappa shape index (κ1) is 13.7. The lowest BCUT2D eigenvalue weighted by atomic mass is 10.1. The maximum atomic E-state index is 12.0. The number of amides is 2. The predicted molar refractivity (Wildman–Crippen MR) is 66.5 cm³/mol. The largest absolute Gasteiger partial charge is 0.359 e. The number of piperazine rings is 1. The van der Waals surface area contributed by atoms with E-state index in [4.69, 9.17) is 0 Å². The van der Waals surface area contributed by atoms with Crippen LogP contribution in [0.4, 0.5) is 0 Å². The third-order valence-electron chi connectivity index (χ3n) is 2.89. The van der Waals surface area contributed by atoms with Gasteiger partial charge >= 0.3 is 0 Å². The summed E-state index contributed by atoms with van der Waals surface area (Å²) in [5, 5.41) is 5.62. The molecule has 2 amide bonds. The zero-order valence-electron chi connectivity index (χ0n) is 10.4. The number of allylic oxidation sites excluding steroid dienone is 1. The van der Waals surface area contributed by atoms with Crippen molar-refractivity contribution in [1.29, 1.82) is 0 Å². The van der Waals surface area contributed by atoms with Gasteiger partial charge in [0.05, 0.1) is 12.5 Å². The lowest BCUT2D eigenvalue weighted by molar-refractivity contribution is -0.138. The zero-order chi connectivity index (χ0) is 12.7. The summed E-state index contributed by atoms with van der Waals surface area (Å²) in [4.78, 5) is 25.1. The molecule has 5 heteroatoms. The van der Waals surface area contributed by atoms with E-state index < -0.39 is 0 Å². The Morgan fingerprint density at radius 3 is 3.12 bits per heavy atom. The number of nitrogens with zero attached hydrogens (tertiary/aromatic N) is 1. The van der Waals surface area contributed by atoms with Gasteiger partial charge in [-0.2, -0.15) is 0 Å². The summed E-state index contributed by atoms with van der Waals surface area (Å²) in [5.74, 6) is -0.0762. The molecule has 0 spiro atoms. The summed E-state index contributed by atoms with van der Waals surface area (Å²) in [6.07, 6.45) is 3.92. The van der Waals surface area contributed by atoms with Gasteiger partial charge in [-0.15, -0.1) is 6.58 Å². The molecule has 1 fully saturated rings. The van der Waals surface area contributed by atoms with Crippen molar-refractivity contribution in [3.05, 3.63) is 12.7 Å². The van der Waals surface area contributed by atoms with Crippen LogP contribution in [-0.4, -0.2) is 49.4 Å². The Labute approximate surface area is 102 Å². The number of hydrogen-bond donors (Lipinski definition) is 2. The van der Waals surface area contributed by atoms with Crippen LogP contribution in [-0.2, 0) is 9.59 Å². The molecule has 0 saturated carbocycles. The number of nitrogens with one attached hydrogen (secondary N) is 2. The van der Waals surface area contributed by atoms with Gasteiger partial charge in [0.2, 0.25) is 11.8 Å². The van der Waals surface area contributed by atoms with E-state index in [1.54, 1.807) is 7.05 Å². The van der Waals surface area contributed by atoms with Crippen LogP contribution in [0.1, 0.15) is 19.3 Å². The lowest BCUT2D eigenvalue weighted by Gasteiger charge is -2.32. The Balaban J connectivity index is 2.44. The first-order valence-corrected chi connectivity index (χ1v) is 6.02. The van der Waals surface area contributed by atoms with Gasteiger partial charge in [0, 0.05) is 26.7 Å². The molecule has 1 atom stereocenters. The second kappa shape index (κ2) is 7.06. The Morgan fingerprint density at radius 1 is 1.71 bits per heavy atom. The van der Waals surface area contributed by atoms with E-state index in [0.717, 1.165) is 32.5 Å². The van der Waals surface area contributed by atoms with Crippen LogP contribution < -0.4 is 10.6 Å². The van der Waals surface area contributed by atoms with E-state index in [0.29, 0.717) is 0 Å². The average Bonchev–Trinajstić information content (AvgIpc) is 2.34. The average molecular weight is 239 g/mol. The highest BCUT2D eigenvalue weighted by Crippen LogP contribution is 2.06. The highest BCUT2D eigenvalue weighted by molar-refractivity contribution is 5.88. The number of carbonyl (C=O) groups excluding carboxylic acids is 2. The van der Waals surface area contributed by atoms with E-state index in [1.165, 1.54) is 0 Å². The minimum atomic E-state index is -0.368. The molecule has 5 nitrogen and oxygen atoms in total. The molecule has 1 aliphatic heterocycles. The number of rotatable bonds is 6. The standard InChI is InChI=1S/C12H21N3O2/c1-3-4-5-7-15-8-6-14-10(12(15)17)9-11(16)13-2/h3,10,14H,1,4-9H2,2H3,(H,13,16). The molecule has 17 heavy (non-hydrogen) atoms. The second-order valence-electron chi connectivity index (χ2n) is 4.14. The van der Waals surface area contributed by atoms with Crippen LogP contribution in [0, 0.1) is 0 Å². The summed E-state index contributed by atoms with van der Waals surface area (Å²) in [6, 6.07) is -0.368. The quantitative estimate of drug-likeness (QED) is 0.502. The topological polar surface area (TPSA) is 61.4 Å². The van der Waals surface area contributed by atoms with Crippen LogP contribution >= 0.6 is 0 Å². The van der Waals surface area contributed by atoms with Crippen LogP contribution in [0.15, 0.2) is 12.7 Å². The highest BCUT2D eigenvalue weighted by Gasteiger charge is 2.29. The van der Waals surface area contributed by atoms with Crippen molar-refractivity contribution < 1.29 is 9.59 Å². The van der Waals surface area contributed by atoms with E-state index >= 15 is 0 Å². The SMILES string of the molecule is C=CCCCN1CCNC(CC(=O)NC)C1=O. The molecule has 1 heterocycles. The second-order valence-corrected chi connectivity index (χ2v) is 4.14. The van der Waals surface area contributed by atoms with Crippen molar-refractivity contribution in [3.63, 3.8) is 0 Å². The monoisotopic (exact) mass is 239 g/mol. The molecule has 2 N–H and O–H groups in total. The molecule has 1 saturated heterocycles. The minimum Gasteiger partial charge on any atom is -0.359 e. The molecule has 1 rings (SSSR count). The molecule has 0 aliphatic carbocycles. The molecule has 0 aromatic carbocycles. The van der Waals surface area contributed by atoms with Gasteiger partial charge in [0.1, 0.15) is 0 Å². The minimum absolute atomic E-state index is 0.0314. The van der Waals surface area contributed by atoms with Crippen molar-refractivity contribution in [1.82, 2.24) is 15.5 Å². The molecule has 0 aromatic heterocycles. The van der Waals surface area contributed by atoms with Gasteiger partial charge in [0.25, 0.3) is 0 Å². The molecule has 1 unspecified atom stereocenters. The van der Waals surface area contributed by atoms with Crippen molar-refractivity contribution >= 4 is 11.8 Å². The first-order valence-electron chi connectivity index (χ1n) is 6.02. The summed E-state index contributed by atoms with van der Waals surface area (Å²) in [5.41, 5.74) is 0. The van der Waals surface area contributed by atoms with Gasteiger partial charge < -0.3 is 15.5 Å². The Morgan fingerprint density at radius 2 is 2.47 bits per heavy atom. The van der Waals surface area contributed by atoms with Crippen molar-refractivity contribution in [2.75, 3.05) is 26.7 Å². The first-order chi connectivity index (χ1) is 8.19. The summed E-state index contributed by atoms with van der Waals surface area (Å²) in [7, 11) is 1.58. The Kier molecular flexibility index (Phi) is 5.69. The molecule has 96 valence electrons. The third-order valence-corrected chi connectivity index (χ3v) is 2.89. The van der Waals surface area contributed by atoms with Gasteiger partial charge in [-0.1, -0.05) is 6.08 Å². The maximum absolute atomic E-state index is 12.0. The Bertz CT molecular complexity index is 291.